The Morgan fingerprint density at radius 3 is 2.79 bits per heavy atom. The van der Waals surface area contributed by atoms with Crippen LogP contribution in [0.15, 0.2) is 29.2 Å². The van der Waals surface area contributed by atoms with Gasteiger partial charge in [-0.05, 0) is 37.0 Å². The molecule has 2 fully saturated rings. The van der Waals surface area contributed by atoms with Gasteiger partial charge in [-0.1, -0.05) is 12.1 Å². The average molecular weight is 297 g/mol. The van der Waals surface area contributed by atoms with E-state index in [4.69, 9.17) is 0 Å². The fraction of sp³-hybridized carbons (Fsp3) is 0.571. The molecule has 1 saturated heterocycles. The summed E-state index contributed by atoms with van der Waals surface area (Å²) in [7, 11) is -2.77. The van der Waals surface area contributed by atoms with Gasteiger partial charge in [0.15, 0.2) is 9.84 Å². The van der Waals surface area contributed by atoms with Crippen LogP contribution in [0.25, 0.3) is 0 Å². The van der Waals surface area contributed by atoms with E-state index < -0.39 is 9.84 Å². The van der Waals surface area contributed by atoms with Crippen LogP contribution in [0.5, 0.6) is 0 Å². The lowest BCUT2D eigenvalue weighted by Gasteiger charge is -2.09. The lowest BCUT2D eigenvalue weighted by molar-refractivity contribution is 0.602. The summed E-state index contributed by atoms with van der Waals surface area (Å²) in [5.74, 6) is 0.690. The van der Waals surface area contributed by atoms with E-state index in [0.29, 0.717) is 11.5 Å². The van der Waals surface area contributed by atoms with E-state index in [1.807, 2.05) is 0 Å². The molecule has 0 radical (unpaired) electrons. The van der Waals surface area contributed by atoms with Gasteiger partial charge < -0.3 is 5.32 Å². The normalized spacial score (nSPS) is 25.6. The van der Waals surface area contributed by atoms with Crippen LogP contribution in [0, 0.1) is 0 Å². The van der Waals surface area contributed by atoms with Gasteiger partial charge in [0.2, 0.25) is 0 Å². The van der Waals surface area contributed by atoms with Gasteiger partial charge in [-0.3, -0.25) is 0 Å². The zero-order chi connectivity index (χ0) is 13.3. The molecule has 0 bridgehead atoms. The summed E-state index contributed by atoms with van der Waals surface area (Å²) >= 11 is 1.71. The topological polar surface area (TPSA) is 46.2 Å². The first kappa shape index (κ1) is 13.5. The second kappa shape index (κ2) is 5.46. The summed E-state index contributed by atoms with van der Waals surface area (Å²) < 4.78 is 22.9. The maximum absolute atomic E-state index is 11.5. The van der Waals surface area contributed by atoms with E-state index >= 15 is 0 Å². The summed E-state index contributed by atoms with van der Waals surface area (Å²) in [6.45, 7) is 0.919. The van der Waals surface area contributed by atoms with Crippen molar-refractivity contribution in [1.82, 2.24) is 5.32 Å². The van der Waals surface area contributed by atoms with Gasteiger partial charge in [0.1, 0.15) is 0 Å². The Morgan fingerprint density at radius 2 is 2.11 bits per heavy atom. The first-order chi connectivity index (χ1) is 9.11. The molecule has 1 heterocycles. The first-order valence-corrected chi connectivity index (χ1v) is 9.50. The van der Waals surface area contributed by atoms with E-state index in [2.05, 4.69) is 29.6 Å². The fourth-order valence-corrected chi connectivity index (χ4v) is 5.91. The van der Waals surface area contributed by atoms with Gasteiger partial charge in [-0.25, -0.2) is 8.42 Å². The SMILES string of the molecule is O=S1(=O)CCC(Sc2cccc(CNC3CC3)c2)C1. The summed E-state index contributed by atoms with van der Waals surface area (Å²) in [4.78, 5) is 1.19. The van der Waals surface area contributed by atoms with E-state index in [1.54, 1.807) is 11.8 Å². The highest BCUT2D eigenvalue weighted by atomic mass is 32.2. The minimum absolute atomic E-state index is 0.233. The van der Waals surface area contributed by atoms with E-state index in [1.165, 1.54) is 23.3 Å². The second-order valence-electron chi connectivity index (χ2n) is 5.45. The van der Waals surface area contributed by atoms with Crippen LogP contribution in [0.4, 0.5) is 0 Å². The predicted octanol–water partition coefficient (Wildman–Crippen LogP) is 2.22. The van der Waals surface area contributed by atoms with Crippen molar-refractivity contribution in [3.63, 3.8) is 0 Å². The number of thioether (sulfide) groups is 1. The molecule has 2 aliphatic rings. The maximum Gasteiger partial charge on any atom is 0.151 e. The molecule has 0 aromatic heterocycles. The van der Waals surface area contributed by atoms with Crippen LogP contribution in [0.2, 0.25) is 0 Å². The Balaban J connectivity index is 1.59. The molecule has 1 aromatic carbocycles. The van der Waals surface area contributed by atoms with Gasteiger partial charge in [-0.15, -0.1) is 11.8 Å². The average Bonchev–Trinajstić information content (AvgIpc) is 3.13. The highest BCUT2D eigenvalue weighted by Crippen LogP contribution is 2.31. The molecule has 1 unspecified atom stereocenters. The van der Waals surface area contributed by atoms with Crippen molar-refractivity contribution in [2.45, 2.75) is 42.0 Å². The fourth-order valence-electron chi connectivity index (χ4n) is 2.32. The molecular formula is C14H19NO2S2. The number of hydrogen-bond donors (Lipinski definition) is 1. The standard InChI is InChI=1S/C14H19NO2S2/c16-19(17)7-6-14(10-19)18-13-3-1-2-11(8-13)9-15-12-4-5-12/h1-3,8,12,14-15H,4-7,9-10H2. The summed E-state index contributed by atoms with van der Waals surface area (Å²) in [6.07, 6.45) is 3.39. The van der Waals surface area contributed by atoms with Gasteiger partial charge in [0.05, 0.1) is 11.5 Å². The largest absolute Gasteiger partial charge is 0.310 e. The van der Waals surface area contributed by atoms with Crippen molar-refractivity contribution in [2.24, 2.45) is 0 Å². The molecule has 104 valence electrons. The number of nitrogens with one attached hydrogen (secondary N) is 1. The van der Waals surface area contributed by atoms with Crippen molar-refractivity contribution in [1.29, 1.82) is 0 Å². The molecule has 0 spiro atoms. The quantitative estimate of drug-likeness (QED) is 0.905. The summed E-state index contributed by atoms with van der Waals surface area (Å²) in [5, 5.41) is 3.73. The third-order valence-electron chi connectivity index (χ3n) is 3.56. The lowest BCUT2D eigenvalue weighted by atomic mass is 10.2. The number of sulfone groups is 1. The van der Waals surface area contributed by atoms with Crippen LogP contribution in [0.3, 0.4) is 0 Å². The third kappa shape index (κ3) is 3.97. The Labute approximate surface area is 119 Å². The molecule has 5 heteroatoms. The van der Waals surface area contributed by atoms with Crippen molar-refractivity contribution in [3.8, 4) is 0 Å². The molecule has 3 nitrogen and oxygen atoms in total. The number of rotatable bonds is 5. The molecule has 1 atom stereocenters. The number of hydrogen-bond acceptors (Lipinski definition) is 4. The van der Waals surface area contributed by atoms with E-state index in [9.17, 15) is 8.42 Å². The van der Waals surface area contributed by atoms with Crippen LogP contribution >= 0.6 is 11.8 Å². The van der Waals surface area contributed by atoms with Crippen molar-refractivity contribution >= 4 is 21.6 Å². The summed E-state index contributed by atoms with van der Waals surface area (Å²) in [6, 6.07) is 9.18. The molecule has 3 rings (SSSR count). The zero-order valence-corrected chi connectivity index (χ0v) is 12.5. The zero-order valence-electron chi connectivity index (χ0n) is 10.8. The van der Waals surface area contributed by atoms with Crippen molar-refractivity contribution < 1.29 is 8.42 Å². The maximum atomic E-state index is 11.5. The molecular weight excluding hydrogens is 278 g/mol. The van der Waals surface area contributed by atoms with Crippen LogP contribution in [0.1, 0.15) is 24.8 Å². The van der Waals surface area contributed by atoms with E-state index in [-0.39, 0.29) is 5.25 Å². The Kier molecular flexibility index (Phi) is 3.87. The Morgan fingerprint density at radius 1 is 1.26 bits per heavy atom. The molecule has 1 aliphatic heterocycles. The van der Waals surface area contributed by atoms with Crippen molar-refractivity contribution in [2.75, 3.05) is 11.5 Å². The third-order valence-corrected chi connectivity index (χ3v) is 6.80. The minimum atomic E-state index is -2.77. The van der Waals surface area contributed by atoms with Crippen LogP contribution in [-0.4, -0.2) is 31.2 Å². The molecule has 19 heavy (non-hydrogen) atoms. The van der Waals surface area contributed by atoms with Gasteiger partial charge in [0, 0.05) is 22.7 Å². The molecule has 0 amide bonds. The second-order valence-corrected chi connectivity index (χ2v) is 9.05. The van der Waals surface area contributed by atoms with E-state index in [0.717, 1.165) is 19.0 Å². The minimum Gasteiger partial charge on any atom is -0.310 e. The molecule has 1 aromatic rings. The van der Waals surface area contributed by atoms with Gasteiger partial charge >= 0.3 is 0 Å². The number of benzene rings is 1. The lowest BCUT2D eigenvalue weighted by Crippen LogP contribution is -2.15. The van der Waals surface area contributed by atoms with Gasteiger partial charge in [0.25, 0.3) is 0 Å². The smallest absolute Gasteiger partial charge is 0.151 e. The monoisotopic (exact) mass is 297 g/mol. The van der Waals surface area contributed by atoms with Crippen LogP contribution in [-0.2, 0) is 16.4 Å². The molecule has 1 aliphatic carbocycles. The first-order valence-electron chi connectivity index (χ1n) is 6.80. The molecule has 1 saturated carbocycles. The Bertz CT molecular complexity index is 552. The predicted molar refractivity (Wildman–Crippen MR) is 79.2 cm³/mol. The summed E-state index contributed by atoms with van der Waals surface area (Å²) in [5.41, 5.74) is 1.29. The Hall–Kier alpha value is -0.520. The van der Waals surface area contributed by atoms with Gasteiger partial charge in [-0.2, -0.15) is 0 Å². The highest BCUT2D eigenvalue weighted by Gasteiger charge is 2.28. The molecule has 1 N–H and O–H groups in total. The van der Waals surface area contributed by atoms with Crippen LogP contribution < -0.4 is 5.32 Å². The highest BCUT2D eigenvalue weighted by molar-refractivity contribution is 8.01. The van der Waals surface area contributed by atoms with Crippen molar-refractivity contribution in [3.05, 3.63) is 29.8 Å².